The van der Waals surface area contributed by atoms with E-state index >= 15 is 0 Å². The third kappa shape index (κ3) is 3.23. The number of aryl methyl sites for hydroxylation is 4. The largest absolute Gasteiger partial charge is 0.334 e. The van der Waals surface area contributed by atoms with Crippen molar-refractivity contribution in [1.82, 2.24) is 9.55 Å². The third-order valence-electron chi connectivity index (χ3n) is 4.90. The van der Waals surface area contributed by atoms with E-state index in [0.29, 0.717) is 0 Å². The van der Waals surface area contributed by atoms with E-state index in [1.165, 1.54) is 35.4 Å². The molecule has 0 fully saturated rings. The van der Waals surface area contributed by atoms with Crippen molar-refractivity contribution in [1.29, 1.82) is 0 Å². The van der Waals surface area contributed by atoms with Gasteiger partial charge in [-0.05, 0) is 49.9 Å². The van der Waals surface area contributed by atoms with Gasteiger partial charge < -0.3 is 4.57 Å². The number of nitrogens with zero attached hydrogens (tertiary/aromatic N) is 2. The van der Waals surface area contributed by atoms with Gasteiger partial charge in [-0.1, -0.05) is 42.2 Å². The molecule has 2 nitrogen and oxygen atoms in total. The number of hydrogen-bond donors (Lipinski definition) is 0. The first-order valence-corrected chi connectivity index (χ1v) is 8.95. The number of rotatable bonds is 1. The molecule has 3 aromatic rings. The Bertz CT molecular complexity index is 922. The zero-order valence-corrected chi connectivity index (χ0v) is 14.8. The van der Waals surface area contributed by atoms with Gasteiger partial charge in [0.15, 0.2) is 0 Å². The molecule has 0 saturated carbocycles. The lowest BCUT2D eigenvalue weighted by molar-refractivity contribution is 0.522. The Kier molecular flexibility index (Phi) is 4.15. The van der Waals surface area contributed by atoms with Gasteiger partial charge in [-0.25, -0.2) is 4.98 Å². The summed E-state index contributed by atoms with van der Waals surface area (Å²) < 4.78 is 2.30. The van der Waals surface area contributed by atoms with Gasteiger partial charge in [0, 0.05) is 35.9 Å². The van der Waals surface area contributed by atoms with Crippen molar-refractivity contribution >= 4 is 0 Å². The highest BCUT2D eigenvalue weighted by Crippen LogP contribution is 2.23. The summed E-state index contributed by atoms with van der Waals surface area (Å²) in [4.78, 5) is 4.79. The molecule has 2 aromatic carbocycles. The maximum atomic E-state index is 4.79. The molecule has 0 bridgehead atoms. The Morgan fingerprint density at radius 1 is 0.920 bits per heavy atom. The molecule has 1 aliphatic heterocycles. The standard InChI is InChI=1S/C23H22N2/c1-17-6-5-7-18(2)21(17)14-11-19-9-12-20(13-10-19)22-16-25-15-4-3-8-23(25)24-22/h5-7,9-10,12-13,16H,3-4,8,15H2,1-2H3. The minimum atomic E-state index is 1.04. The van der Waals surface area contributed by atoms with Gasteiger partial charge in [-0.3, -0.25) is 0 Å². The summed E-state index contributed by atoms with van der Waals surface area (Å²) in [6.45, 7) is 5.32. The highest BCUT2D eigenvalue weighted by molar-refractivity contribution is 5.61. The van der Waals surface area contributed by atoms with Crippen LogP contribution in [-0.2, 0) is 13.0 Å². The van der Waals surface area contributed by atoms with E-state index in [-0.39, 0.29) is 0 Å². The van der Waals surface area contributed by atoms with Gasteiger partial charge in [0.2, 0.25) is 0 Å². The number of aromatic nitrogens is 2. The minimum Gasteiger partial charge on any atom is -0.334 e. The SMILES string of the molecule is Cc1cccc(C)c1C#Cc1ccc(-c2cn3c(n2)CCCC3)cc1. The first-order chi connectivity index (χ1) is 12.2. The zero-order valence-electron chi connectivity index (χ0n) is 14.8. The van der Waals surface area contributed by atoms with E-state index in [4.69, 9.17) is 4.98 Å². The normalized spacial score (nSPS) is 13.0. The zero-order chi connectivity index (χ0) is 17.2. The molecule has 1 aliphatic rings. The van der Waals surface area contributed by atoms with Crippen LogP contribution in [0.2, 0.25) is 0 Å². The summed E-state index contributed by atoms with van der Waals surface area (Å²) in [6, 6.07) is 14.7. The minimum absolute atomic E-state index is 1.04. The average molecular weight is 326 g/mol. The van der Waals surface area contributed by atoms with E-state index in [1.54, 1.807) is 0 Å². The first kappa shape index (κ1) is 15.7. The number of hydrogen-bond acceptors (Lipinski definition) is 1. The van der Waals surface area contributed by atoms with Crippen molar-refractivity contribution < 1.29 is 0 Å². The summed E-state index contributed by atoms with van der Waals surface area (Å²) in [6.07, 6.45) is 5.80. The summed E-state index contributed by atoms with van der Waals surface area (Å²) in [5.74, 6) is 7.84. The average Bonchev–Trinajstić information content (AvgIpc) is 3.06. The topological polar surface area (TPSA) is 17.8 Å². The second-order valence-corrected chi connectivity index (χ2v) is 6.79. The summed E-state index contributed by atoms with van der Waals surface area (Å²) in [5, 5.41) is 0. The molecule has 2 heterocycles. The van der Waals surface area contributed by atoms with Gasteiger partial charge in [0.25, 0.3) is 0 Å². The molecule has 0 unspecified atom stereocenters. The summed E-state index contributed by atoms with van der Waals surface area (Å²) in [5.41, 5.74) is 6.87. The third-order valence-corrected chi connectivity index (χ3v) is 4.90. The number of benzene rings is 2. The molecule has 0 saturated heterocycles. The second-order valence-electron chi connectivity index (χ2n) is 6.79. The van der Waals surface area contributed by atoms with Crippen LogP contribution in [-0.4, -0.2) is 9.55 Å². The predicted molar refractivity (Wildman–Crippen MR) is 102 cm³/mol. The van der Waals surface area contributed by atoms with Gasteiger partial charge in [-0.2, -0.15) is 0 Å². The Labute approximate surface area is 149 Å². The first-order valence-electron chi connectivity index (χ1n) is 8.95. The lowest BCUT2D eigenvalue weighted by Crippen LogP contribution is -2.08. The Hall–Kier alpha value is -2.79. The molecule has 0 amide bonds. The number of imidazole rings is 1. The lowest BCUT2D eigenvalue weighted by Gasteiger charge is -2.11. The molecule has 0 N–H and O–H groups in total. The van der Waals surface area contributed by atoms with Gasteiger partial charge >= 0.3 is 0 Å². The van der Waals surface area contributed by atoms with Crippen molar-refractivity contribution in [2.75, 3.05) is 0 Å². The van der Waals surface area contributed by atoms with Crippen molar-refractivity contribution in [2.24, 2.45) is 0 Å². The molecule has 0 radical (unpaired) electrons. The van der Waals surface area contributed by atoms with E-state index in [1.807, 2.05) is 0 Å². The second kappa shape index (κ2) is 6.61. The fourth-order valence-corrected chi connectivity index (χ4v) is 3.42. The van der Waals surface area contributed by atoms with Crippen molar-refractivity contribution in [3.05, 3.63) is 76.7 Å². The quantitative estimate of drug-likeness (QED) is 0.581. The molecule has 0 aliphatic carbocycles. The van der Waals surface area contributed by atoms with Crippen LogP contribution in [0.4, 0.5) is 0 Å². The number of fused-ring (bicyclic) bond motifs is 1. The van der Waals surface area contributed by atoms with Crippen molar-refractivity contribution in [3.63, 3.8) is 0 Å². The molecular weight excluding hydrogens is 304 g/mol. The van der Waals surface area contributed by atoms with Crippen LogP contribution >= 0.6 is 0 Å². The van der Waals surface area contributed by atoms with Crippen molar-refractivity contribution in [2.45, 2.75) is 39.7 Å². The van der Waals surface area contributed by atoms with Crippen LogP contribution in [0.15, 0.2) is 48.7 Å². The Balaban J connectivity index is 1.59. The van der Waals surface area contributed by atoms with Crippen LogP contribution in [0.1, 0.15) is 40.9 Å². The van der Waals surface area contributed by atoms with Crippen LogP contribution in [0.25, 0.3) is 11.3 Å². The molecule has 25 heavy (non-hydrogen) atoms. The van der Waals surface area contributed by atoms with E-state index in [9.17, 15) is 0 Å². The molecule has 1 aromatic heterocycles. The van der Waals surface area contributed by atoms with Crippen molar-refractivity contribution in [3.8, 4) is 23.1 Å². The van der Waals surface area contributed by atoms with Gasteiger partial charge in [0.05, 0.1) is 5.69 Å². The lowest BCUT2D eigenvalue weighted by atomic mass is 10.0. The van der Waals surface area contributed by atoms with Gasteiger partial charge in [-0.15, -0.1) is 0 Å². The summed E-state index contributed by atoms with van der Waals surface area (Å²) >= 11 is 0. The molecule has 0 atom stereocenters. The Morgan fingerprint density at radius 3 is 2.40 bits per heavy atom. The molecule has 0 spiro atoms. The van der Waals surface area contributed by atoms with Crippen LogP contribution in [0, 0.1) is 25.7 Å². The predicted octanol–water partition coefficient (Wildman–Crippen LogP) is 4.90. The van der Waals surface area contributed by atoms with E-state index < -0.39 is 0 Å². The van der Waals surface area contributed by atoms with Gasteiger partial charge in [0.1, 0.15) is 5.82 Å². The van der Waals surface area contributed by atoms with Crippen LogP contribution < -0.4 is 0 Å². The maximum Gasteiger partial charge on any atom is 0.109 e. The maximum absolute atomic E-state index is 4.79. The highest BCUT2D eigenvalue weighted by atomic mass is 15.1. The molecule has 4 rings (SSSR count). The molecule has 2 heteroatoms. The van der Waals surface area contributed by atoms with Crippen LogP contribution in [0.5, 0.6) is 0 Å². The smallest absolute Gasteiger partial charge is 0.109 e. The molecular formula is C23H22N2. The summed E-state index contributed by atoms with van der Waals surface area (Å²) in [7, 11) is 0. The highest BCUT2D eigenvalue weighted by Gasteiger charge is 2.12. The van der Waals surface area contributed by atoms with Crippen LogP contribution in [0.3, 0.4) is 0 Å². The van der Waals surface area contributed by atoms with E-state index in [0.717, 1.165) is 29.8 Å². The van der Waals surface area contributed by atoms with E-state index in [2.05, 4.69) is 78.9 Å². The monoisotopic (exact) mass is 326 g/mol. The Morgan fingerprint density at radius 2 is 1.68 bits per heavy atom. The fourth-order valence-electron chi connectivity index (χ4n) is 3.42. The molecule has 124 valence electrons. The fraction of sp³-hybridized carbons (Fsp3) is 0.261.